The van der Waals surface area contributed by atoms with Gasteiger partial charge in [0.05, 0.1) is 10.6 Å². The van der Waals surface area contributed by atoms with Crippen molar-refractivity contribution < 1.29 is 8.42 Å². The molecule has 0 aliphatic heterocycles. The Morgan fingerprint density at radius 3 is 2.43 bits per heavy atom. The molecule has 2 aromatic rings. The normalized spacial score (nSPS) is 11.4. The number of hydrogen-bond acceptors (Lipinski definition) is 3. The predicted molar refractivity (Wildman–Crippen MR) is 90.0 cm³/mol. The van der Waals surface area contributed by atoms with E-state index in [1.165, 1.54) is 11.8 Å². The largest absolute Gasteiger partial charge is 0.278 e. The zero-order valence-electron chi connectivity index (χ0n) is 12.0. The Morgan fingerprint density at radius 1 is 1.10 bits per heavy atom. The van der Waals surface area contributed by atoms with E-state index < -0.39 is 10.0 Å². The lowest BCUT2D eigenvalue weighted by molar-refractivity contribution is 0.600. The average molecular weight is 342 g/mol. The highest BCUT2D eigenvalue weighted by molar-refractivity contribution is 7.99. The van der Waals surface area contributed by atoms with Crippen LogP contribution in [0.4, 0.5) is 5.69 Å². The maximum absolute atomic E-state index is 12.6. The molecule has 0 saturated carbocycles. The third-order valence-electron chi connectivity index (χ3n) is 3.10. The maximum atomic E-state index is 12.6. The fourth-order valence-corrected chi connectivity index (χ4v) is 4.20. The van der Waals surface area contributed by atoms with Crippen molar-refractivity contribution in [3.8, 4) is 0 Å². The van der Waals surface area contributed by atoms with Gasteiger partial charge in [-0.2, -0.15) is 0 Å². The van der Waals surface area contributed by atoms with E-state index in [0.29, 0.717) is 16.3 Å². The molecule has 2 rings (SSSR count). The second kappa shape index (κ2) is 6.30. The third-order valence-corrected chi connectivity index (χ3v) is 5.81. The van der Waals surface area contributed by atoms with Gasteiger partial charge < -0.3 is 0 Å². The number of nitrogens with one attached hydrogen (secondary N) is 1. The third kappa shape index (κ3) is 3.54. The number of hydrogen-bond donors (Lipinski definition) is 1. The minimum absolute atomic E-state index is 0.250. The number of thioether (sulfide) groups is 1. The molecule has 0 radical (unpaired) electrons. The van der Waals surface area contributed by atoms with Crippen LogP contribution in [0.5, 0.6) is 0 Å². The van der Waals surface area contributed by atoms with E-state index in [9.17, 15) is 8.42 Å². The monoisotopic (exact) mass is 341 g/mol. The molecule has 2 aromatic carbocycles. The number of aryl methyl sites for hydroxylation is 2. The highest BCUT2D eigenvalue weighted by Gasteiger charge is 2.19. The molecule has 21 heavy (non-hydrogen) atoms. The Morgan fingerprint density at radius 2 is 1.76 bits per heavy atom. The van der Waals surface area contributed by atoms with E-state index in [1.54, 1.807) is 38.1 Å². The molecule has 0 fully saturated rings. The number of para-hydroxylation sites is 1. The summed E-state index contributed by atoms with van der Waals surface area (Å²) < 4.78 is 27.8. The summed E-state index contributed by atoms with van der Waals surface area (Å²) in [6, 6.07) is 10.6. The van der Waals surface area contributed by atoms with E-state index in [1.807, 2.05) is 18.4 Å². The predicted octanol–water partition coefficient (Wildman–Crippen LogP) is 4.48. The van der Waals surface area contributed by atoms with Crippen LogP contribution in [0.15, 0.2) is 46.2 Å². The van der Waals surface area contributed by atoms with Gasteiger partial charge in [-0.1, -0.05) is 23.7 Å². The lowest BCUT2D eigenvalue weighted by atomic mass is 10.2. The molecule has 0 bridgehead atoms. The lowest BCUT2D eigenvalue weighted by Gasteiger charge is -2.14. The molecule has 1 N–H and O–H groups in total. The van der Waals surface area contributed by atoms with Gasteiger partial charge in [0.1, 0.15) is 0 Å². The van der Waals surface area contributed by atoms with E-state index in [-0.39, 0.29) is 4.90 Å². The van der Waals surface area contributed by atoms with Gasteiger partial charge >= 0.3 is 0 Å². The molecule has 6 heteroatoms. The van der Waals surface area contributed by atoms with Crippen molar-refractivity contribution >= 4 is 39.1 Å². The van der Waals surface area contributed by atoms with Gasteiger partial charge in [-0.15, -0.1) is 11.8 Å². The first-order valence-corrected chi connectivity index (χ1v) is 9.36. The Balaban J connectivity index is 2.46. The average Bonchev–Trinajstić information content (AvgIpc) is 2.43. The molecule has 0 saturated heterocycles. The minimum atomic E-state index is -3.64. The Bertz CT molecular complexity index is 773. The molecule has 0 aromatic heterocycles. The number of sulfonamides is 1. The van der Waals surface area contributed by atoms with Gasteiger partial charge in [-0.25, -0.2) is 8.42 Å². The molecule has 0 amide bonds. The highest BCUT2D eigenvalue weighted by atomic mass is 35.5. The van der Waals surface area contributed by atoms with Crippen molar-refractivity contribution in [1.82, 2.24) is 0 Å². The van der Waals surface area contributed by atoms with Gasteiger partial charge in [0, 0.05) is 9.92 Å². The minimum Gasteiger partial charge on any atom is -0.278 e. The molecule has 0 atom stereocenters. The summed E-state index contributed by atoms with van der Waals surface area (Å²) in [5, 5.41) is 0.566. The summed E-state index contributed by atoms with van der Waals surface area (Å²) >= 11 is 7.52. The molecule has 0 heterocycles. The van der Waals surface area contributed by atoms with Gasteiger partial charge in [0.2, 0.25) is 0 Å². The summed E-state index contributed by atoms with van der Waals surface area (Å²) in [6.07, 6.45) is 1.91. The molecular weight excluding hydrogens is 326 g/mol. The molecule has 0 aliphatic rings. The Labute approximate surface area is 134 Å². The topological polar surface area (TPSA) is 46.2 Å². The highest BCUT2D eigenvalue weighted by Crippen LogP contribution is 2.29. The number of anilines is 1. The van der Waals surface area contributed by atoms with E-state index in [0.717, 1.165) is 10.5 Å². The van der Waals surface area contributed by atoms with Crippen molar-refractivity contribution in [2.75, 3.05) is 11.0 Å². The Hall–Kier alpha value is -1.17. The number of halogens is 1. The van der Waals surface area contributed by atoms with Crippen molar-refractivity contribution in [3.05, 3.63) is 52.5 Å². The maximum Gasteiger partial charge on any atom is 0.262 e. The smallest absolute Gasteiger partial charge is 0.262 e. The summed E-state index contributed by atoms with van der Waals surface area (Å²) in [5.41, 5.74) is 1.94. The van der Waals surface area contributed by atoms with Gasteiger partial charge in [-0.05, 0) is 55.5 Å². The number of rotatable bonds is 4. The van der Waals surface area contributed by atoms with Crippen molar-refractivity contribution in [1.29, 1.82) is 0 Å². The van der Waals surface area contributed by atoms with E-state index >= 15 is 0 Å². The van der Waals surface area contributed by atoms with Crippen molar-refractivity contribution in [2.24, 2.45) is 0 Å². The summed E-state index contributed by atoms with van der Waals surface area (Å²) in [6.45, 7) is 3.52. The van der Waals surface area contributed by atoms with E-state index in [2.05, 4.69) is 4.72 Å². The first-order valence-electron chi connectivity index (χ1n) is 6.27. The fraction of sp³-hybridized carbons (Fsp3) is 0.200. The molecule has 112 valence electrons. The number of benzene rings is 2. The van der Waals surface area contributed by atoms with Gasteiger partial charge in [0.25, 0.3) is 10.0 Å². The van der Waals surface area contributed by atoms with Gasteiger partial charge in [0.15, 0.2) is 0 Å². The summed E-state index contributed by atoms with van der Waals surface area (Å²) in [4.78, 5) is 1.13. The molecule has 0 aliphatic carbocycles. The summed E-state index contributed by atoms with van der Waals surface area (Å²) in [7, 11) is -3.64. The second-order valence-corrected chi connectivity index (χ2v) is 7.58. The quantitative estimate of drug-likeness (QED) is 0.834. The van der Waals surface area contributed by atoms with Crippen LogP contribution < -0.4 is 4.72 Å². The van der Waals surface area contributed by atoms with Crippen LogP contribution in [0, 0.1) is 13.8 Å². The van der Waals surface area contributed by atoms with Crippen LogP contribution in [-0.2, 0) is 10.0 Å². The van der Waals surface area contributed by atoms with Crippen molar-refractivity contribution in [3.63, 3.8) is 0 Å². The van der Waals surface area contributed by atoms with Crippen LogP contribution in [0.25, 0.3) is 0 Å². The summed E-state index contributed by atoms with van der Waals surface area (Å²) in [5.74, 6) is 0. The standard InChI is InChI=1S/C15H16ClNO2S2/c1-10-9-15(11(2)8-12(10)16)21(18,19)17-13-6-4-5-7-14(13)20-3/h4-9,17H,1-3H3. The van der Waals surface area contributed by atoms with Crippen LogP contribution in [0.3, 0.4) is 0 Å². The van der Waals surface area contributed by atoms with Crippen LogP contribution in [0.2, 0.25) is 5.02 Å². The SMILES string of the molecule is CSc1ccccc1NS(=O)(=O)c1cc(C)c(Cl)cc1C. The van der Waals surface area contributed by atoms with E-state index in [4.69, 9.17) is 11.6 Å². The zero-order valence-corrected chi connectivity index (χ0v) is 14.4. The second-order valence-electron chi connectivity index (χ2n) is 4.67. The molecule has 0 unspecified atom stereocenters. The Kier molecular flexibility index (Phi) is 4.86. The van der Waals surface area contributed by atoms with Gasteiger partial charge in [-0.3, -0.25) is 4.72 Å². The fourth-order valence-electron chi connectivity index (χ4n) is 1.97. The molecule has 0 spiro atoms. The zero-order chi connectivity index (χ0) is 15.6. The van der Waals surface area contributed by atoms with Crippen LogP contribution >= 0.6 is 23.4 Å². The molecule has 3 nitrogen and oxygen atoms in total. The lowest BCUT2D eigenvalue weighted by Crippen LogP contribution is -2.15. The van der Waals surface area contributed by atoms with Crippen molar-refractivity contribution in [2.45, 2.75) is 23.6 Å². The van der Waals surface area contributed by atoms with Crippen LogP contribution in [-0.4, -0.2) is 14.7 Å². The molecular formula is C15H16ClNO2S2. The van der Waals surface area contributed by atoms with Crippen LogP contribution in [0.1, 0.15) is 11.1 Å². The first kappa shape index (κ1) is 16.2. The first-order chi connectivity index (χ1) is 9.85.